The number of nitrogens with zero attached hydrogens (tertiary/aromatic N) is 1. The first-order chi connectivity index (χ1) is 7.13. The van der Waals surface area contributed by atoms with Crippen molar-refractivity contribution >= 4 is 5.82 Å². The molecule has 0 saturated heterocycles. The molecule has 1 atom stereocenters. The molecule has 0 saturated carbocycles. The second kappa shape index (κ2) is 5.71. The zero-order valence-electron chi connectivity index (χ0n) is 9.83. The van der Waals surface area contributed by atoms with E-state index in [4.69, 9.17) is 5.73 Å². The van der Waals surface area contributed by atoms with Gasteiger partial charge < -0.3 is 11.1 Å². The van der Waals surface area contributed by atoms with E-state index in [2.05, 4.69) is 24.1 Å². The second-order valence-electron chi connectivity index (χ2n) is 4.24. The molecule has 0 radical (unpaired) electrons. The van der Waals surface area contributed by atoms with Gasteiger partial charge >= 0.3 is 0 Å². The van der Waals surface area contributed by atoms with Crippen molar-refractivity contribution in [1.29, 1.82) is 0 Å². The van der Waals surface area contributed by atoms with Gasteiger partial charge in [-0.15, -0.1) is 0 Å². The largest absolute Gasteiger partial charge is 0.367 e. The van der Waals surface area contributed by atoms with Crippen molar-refractivity contribution in [2.75, 3.05) is 11.9 Å². The molecule has 3 N–H and O–H groups in total. The number of hydrogen-bond acceptors (Lipinski definition) is 3. The van der Waals surface area contributed by atoms with Crippen LogP contribution in [0.25, 0.3) is 0 Å². The number of anilines is 1. The minimum Gasteiger partial charge on any atom is -0.367 e. The molecule has 1 rings (SSSR count). The van der Waals surface area contributed by atoms with Crippen LogP contribution in [0.1, 0.15) is 26.0 Å². The molecule has 3 heteroatoms. The summed E-state index contributed by atoms with van der Waals surface area (Å²) in [5.74, 6) is 1.51. The summed E-state index contributed by atoms with van der Waals surface area (Å²) in [6.07, 6.45) is 0.979. The van der Waals surface area contributed by atoms with Crippen LogP contribution in [0.3, 0.4) is 0 Å². The molecule has 0 bridgehead atoms. The molecular weight excluding hydrogens is 186 g/mol. The third-order valence-corrected chi connectivity index (χ3v) is 2.50. The molecule has 0 fully saturated rings. The molecule has 1 aromatic rings. The highest BCUT2D eigenvalue weighted by molar-refractivity contribution is 5.36. The normalized spacial score (nSPS) is 12.9. The Morgan fingerprint density at radius 2 is 2.13 bits per heavy atom. The number of hydrogen-bond donors (Lipinski definition) is 2. The van der Waals surface area contributed by atoms with Gasteiger partial charge in [0.15, 0.2) is 0 Å². The lowest BCUT2D eigenvalue weighted by molar-refractivity contribution is 0.497. The predicted octanol–water partition coefficient (Wildman–Crippen LogP) is 2.18. The summed E-state index contributed by atoms with van der Waals surface area (Å²) in [7, 11) is 0. The topological polar surface area (TPSA) is 50.9 Å². The van der Waals surface area contributed by atoms with E-state index in [1.807, 2.05) is 25.1 Å². The van der Waals surface area contributed by atoms with Gasteiger partial charge in [-0.3, -0.25) is 0 Å². The number of aryl methyl sites for hydroxylation is 1. The lowest BCUT2D eigenvalue weighted by Gasteiger charge is -2.22. The molecule has 1 unspecified atom stereocenters. The molecule has 0 aliphatic heterocycles. The zero-order chi connectivity index (χ0) is 11.3. The first-order valence-corrected chi connectivity index (χ1v) is 5.53. The van der Waals surface area contributed by atoms with E-state index in [9.17, 15) is 0 Å². The van der Waals surface area contributed by atoms with Gasteiger partial charge in [0.1, 0.15) is 5.82 Å². The van der Waals surface area contributed by atoms with Gasteiger partial charge in [0.05, 0.1) is 0 Å². The fourth-order valence-electron chi connectivity index (χ4n) is 1.57. The monoisotopic (exact) mass is 207 g/mol. The average Bonchev–Trinajstić information content (AvgIpc) is 2.17. The van der Waals surface area contributed by atoms with Crippen LogP contribution >= 0.6 is 0 Å². The van der Waals surface area contributed by atoms with Gasteiger partial charge in [-0.05, 0) is 37.9 Å². The van der Waals surface area contributed by atoms with Crippen molar-refractivity contribution in [3.05, 3.63) is 23.9 Å². The van der Waals surface area contributed by atoms with Crippen LogP contribution in [-0.4, -0.2) is 17.6 Å². The Kier molecular flexibility index (Phi) is 4.56. The SMILES string of the molecule is Cc1cccc(NC(CCN)C(C)C)n1. The molecule has 1 aromatic heterocycles. The van der Waals surface area contributed by atoms with E-state index in [0.29, 0.717) is 18.5 Å². The summed E-state index contributed by atoms with van der Waals surface area (Å²) in [6.45, 7) is 7.10. The molecule has 3 nitrogen and oxygen atoms in total. The quantitative estimate of drug-likeness (QED) is 0.778. The highest BCUT2D eigenvalue weighted by Crippen LogP contribution is 2.13. The third kappa shape index (κ3) is 3.88. The molecular formula is C12H21N3. The summed E-state index contributed by atoms with van der Waals surface area (Å²) >= 11 is 0. The predicted molar refractivity (Wildman–Crippen MR) is 64.9 cm³/mol. The van der Waals surface area contributed by atoms with Crippen LogP contribution in [0.5, 0.6) is 0 Å². The Labute approximate surface area is 92.1 Å². The summed E-state index contributed by atoms with van der Waals surface area (Å²) in [5.41, 5.74) is 6.63. The van der Waals surface area contributed by atoms with E-state index in [0.717, 1.165) is 17.9 Å². The molecule has 1 heterocycles. The average molecular weight is 207 g/mol. The van der Waals surface area contributed by atoms with Gasteiger partial charge in [-0.25, -0.2) is 4.98 Å². The van der Waals surface area contributed by atoms with Crippen molar-refractivity contribution < 1.29 is 0 Å². The lowest BCUT2D eigenvalue weighted by atomic mass is 10.0. The first kappa shape index (κ1) is 12.0. The van der Waals surface area contributed by atoms with Crippen LogP contribution in [0.4, 0.5) is 5.82 Å². The molecule has 0 aliphatic rings. The highest BCUT2D eigenvalue weighted by Gasteiger charge is 2.12. The Morgan fingerprint density at radius 1 is 1.40 bits per heavy atom. The maximum Gasteiger partial charge on any atom is 0.126 e. The minimum atomic E-state index is 0.407. The second-order valence-corrected chi connectivity index (χ2v) is 4.24. The Balaban J connectivity index is 2.65. The summed E-state index contributed by atoms with van der Waals surface area (Å²) in [5, 5.41) is 3.43. The van der Waals surface area contributed by atoms with E-state index in [-0.39, 0.29) is 0 Å². The van der Waals surface area contributed by atoms with Crippen LogP contribution in [0.2, 0.25) is 0 Å². The lowest BCUT2D eigenvalue weighted by Crippen LogP contribution is -2.28. The van der Waals surface area contributed by atoms with Gasteiger partial charge in [-0.1, -0.05) is 19.9 Å². The van der Waals surface area contributed by atoms with Crippen molar-refractivity contribution in [3.8, 4) is 0 Å². The fraction of sp³-hybridized carbons (Fsp3) is 0.583. The van der Waals surface area contributed by atoms with Gasteiger partial charge in [0.2, 0.25) is 0 Å². The van der Waals surface area contributed by atoms with Crippen LogP contribution < -0.4 is 11.1 Å². The van der Waals surface area contributed by atoms with Crippen molar-refractivity contribution in [2.24, 2.45) is 11.7 Å². The van der Waals surface area contributed by atoms with E-state index >= 15 is 0 Å². The summed E-state index contributed by atoms with van der Waals surface area (Å²) in [6, 6.07) is 6.42. The van der Waals surface area contributed by atoms with Crippen LogP contribution in [-0.2, 0) is 0 Å². The molecule has 15 heavy (non-hydrogen) atoms. The molecule has 0 aromatic carbocycles. The van der Waals surface area contributed by atoms with Crippen molar-refractivity contribution in [3.63, 3.8) is 0 Å². The van der Waals surface area contributed by atoms with E-state index in [1.165, 1.54) is 0 Å². The van der Waals surface area contributed by atoms with Gasteiger partial charge in [-0.2, -0.15) is 0 Å². The van der Waals surface area contributed by atoms with Crippen molar-refractivity contribution in [2.45, 2.75) is 33.2 Å². The first-order valence-electron chi connectivity index (χ1n) is 5.53. The number of nitrogens with one attached hydrogen (secondary N) is 1. The Bertz CT molecular complexity index is 297. The molecule has 84 valence electrons. The summed E-state index contributed by atoms with van der Waals surface area (Å²) in [4.78, 5) is 4.43. The smallest absolute Gasteiger partial charge is 0.126 e. The van der Waals surface area contributed by atoms with Crippen LogP contribution in [0, 0.1) is 12.8 Å². The minimum absolute atomic E-state index is 0.407. The maximum absolute atomic E-state index is 5.59. The van der Waals surface area contributed by atoms with E-state index in [1.54, 1.807) is 0 Å². The Morgan fingerprint density at radius 3 is 2.67 bits per heavy atom. The van der Waals surface area contributed by atoms with E-state index < -0.39 is 0 Å². The molecule has 0 amide bonds. The standard InChI is InChI=1S/C12H21N3/c1-9(2)11(7-8-13)15-12-6-4-5-10(3)14-12/h4-6,9,11H,7-8,13H2,1-3H3,(H,14,15). The van der Waals surface area contributed by atoms with Gasteiger partial charge in [0.25, 0.3) is 0 Å². The maximum atomic E-state index is 5.59. The van der Waals surface area contributed by atoms with Crippen LogP contribution in [0.15, 0.2) is 18.2 Å². The number of aromatic nitrogens is 1. The number of pyridine rings is 1. The fourth-order valence-corrected chi connectivity index (χ4v) is 1.57. The Hall–Kier alpha value is -1.09. The third-order valence-electron chi connectivity index (χ3n) is 2.50. The summed E-state index contributed by atoms with van der Waals surface area (Å²) < 4.78 is 0. The number of rotatable bonds is 5. The van der Waals surface area contributed by atoms with Gasteiger partial charge in [0, 0.05) is 11.7 Å². The number of nitrogens with two attached hydrogens (primary N) is 1. The zero-order valence-corrected chi connectivity index (χ0v) is 9.83. The van der Waals surface area contributed by atoms with Crippen molar-refractivity contribution in [1.82, 2.24) is 4.98 Å². The highest BCUT2D eigenvalue weighted by atomic mass is 15.0. The molecule has 0 aliphatic carbocycles. The molecule has 0 spiro atoms.